The van der Waals surface area contributed by atoms with E-state index in [1.165, 1.54) is 6.92 Å². The minimum absolute atomic E-state index is 0.397. The Morgan fingerprint density at radius 1 is 1.24 bits per heavy atom. The molecular weight excluding hydrogens is 340 g/mol. The van der Waals surface area contributed by atoms with Gasteiger partial charge in [0, 0.05) is 17.3 Å². The fraction of sp³-hybridized carbons (Fsp3) is 0.263. The first-order chi connectivity index (χ1) is 11.9. The third-order valence-electron chi connectivity index (χ3n) is 4.39. The van der Waals surface area contributed by atoms with E-state index in [1.807, 2.05) is 19.1 Å². The first kappa shape index (κ1) is 17.3. The zero-order valence-corrected chi connectivity index (χ0v) is 15.1. The predicted octanol–water partition coefficient (Wildman–Crippen LogP) is 3.79. The van der Waals surface area contributed by atoms with Gasteiger partial charge in [-0.05, 0) is 50.6 Å². The number of rotatable bonds is 3. The molecule has 0 aromatic heterocycles. The van der Waals surface area contributed by atoms with Crippen LogP contribution in [0.15, 0.2) is 42.5 Å². The van der Waals surface area contributed by atoms with Crippen molar-refractivity contribution in [1.82, 2.24) is 0 Å². The Hall–Kier alpha value is -2.53. The molecule has 1 unspecified atom stereocenters. The number of para-hydroxylation sites is 2. The van der Waals surface area contributed by atoms with Gasteiger partial charge in [-0.1, -0.05) is 29.8 Å². The second kappa shape index (κ2) is 6.41. The summed E-state index contributed by atoms with van der Waals surface area (Å²) in [7, 11) is 0. The zero-order valence-electron chi connectivity index (χ0n) is 14.3. The first-order valence-corrected chi connectivity index (χ1v) is 8.43. The van der Waals surface area contributed by atoms with Gasteiger partial charge in [-0.2, -0.15) is 0 Å². The molecule has 1 heterocycles. The Morgan fingerprint density at radius 3 is 2.68 bits per heavy atom. The van der Waals surface area contributed by atoms with E-state index in [-0.39, 0.29) is 0 Å². The molecule has 2 aromatic carbocycles. The Balaban J connectivity index is 1.96. The van der Waals surface area contributed by atoms with Crippen molar-refractivity contribution in [1.29, 1.82) is 0 Å². The lowest BCUT2D eigenvalue weighted by Crippen LogP contribution is -2.60. The van der Waals surface area contributed by atoms with Gasteiger partial charge in [-0.3, -0.25) is 9.59 Å². The highest BCUT2D eigenvalue weighted by molar-refractivity contribution is 6.32. The molecule has 0 saturated heterocycles. The van der Waals surface area contributed by atoms with Gasteiger partial charge in [-0.15, -0.1) is 0 Å². The maximum absolute atomic E-state index is 12.9. The molecule has 0 spiro atoms. The van der Waals surface area contributed by atoms with Crippen LogP contribution in [0.2, 0.25) is 5.02 Å². The van der Waals surface area contributed by atoms with Crippen LogP contribution >= 0.6 is 11.6 Å². The summed E-state index contributed by atoms with van der Waals surface area (Å²) < 4.78 is 5.83. The van der Waals surface area contributed by atoms with Crippen molar-refractivity contribution in [3.05, 3.63) is 53.1 Å². The molecule has 0 saturated carbocycles. The second-order valence-electron chi connectivity index (χ2n) is 6.02. The molecule has 0 aliphatic carbocycles. The number of carbonyl (C=O) groups is 2. The third kappa shape index (κ3) is 2.85. The minimum atomic E-state index is -1.65. The van der Waals surface area contributed by atoms with Crippen molar-refractivity contribution >= 4 is 34.8 Å². The Morgan fingerprint density at radius 2 is 1.96 bits per heavy atom. The average molecular weight is 359 g/mol. The van der Waals surface area contributed by atoms with Crippen LogP contribution in [0.1, 0.15) is 19.4 Å². The van der Waals surface area contributed by atoms with Gasteiger partial charge in [0.05, 0.1) is 5.69 Å². The van der Waals surface area contributed by atoms with Crippen LogP contribution in [0.5, 0.6) is 5.75 Å². The Labute approximate surface area is 151 Å². The maximum Gasteiger partial charge on any atom is 0.280 e. The number of nitrogens with one attached hydrogen (secondary N) is 1. The van der Waals surface area contributed by atoms with Crippen molar-refractivity contribution < 1.29 is 14.3 Å². The van der Waals surface area contributed by atoms with Gasteiger partial charge < -0.3 is 15.0 Å². The summed E-state index contributed by atoms with van der Waals surface area (Å²) >= 11 is 6.10. The maximum atomic E-state index is 12.9. The molecule has 2 amide bonds. The quantitative estimate of drug-likeness (QED) is 0.849. The summed E-state index contributed by atoms with van der Waals surface area (Å²) in [5.41, 5.74) is 0.299. The molecule has 1 aliphatic rings. The summed E-state index contributed by atoms with van der Waals surface area (Å²) in [5.74, 6) is -0.425. The summed E-state index contributed by atoms with van der Waals surface area (Å²) in [6, 6.07) is 12.4. The fourth-order valence-electron chi connectivity index (χ4n) is 2.84. The first-order valence-electron chi connectivity index (χ1n) is 8.05. The van der Waals surface area contributed by atoms with Crippen LogP contribution in [0.25, 0.3) is 0 Å². The number of ether oxygens (including phenoxy) is 1. The molecule has 1 N–H and O–H groups in total. The highest BCUT2D eigenvalue weighted by Gasteiger charge is 2.50. The van der Waals surface area contributed by atoms with Crippen LogP contribution in [0, 0.1) is 6.92 Å². The molecule has 6 heteroatoms. The number of hydrogen-bond acceptors (Lipinski definition) is 3. The molecule has 0 fully saturated rings. The lowest BCUT2D eigenvalue weighted by molar-refractivity contribution is -0.145. The van der Waals surface area contributed by atoms with Gasteiger partial charge >= 0.3 is 0 Å². The number of carbonyl (C=O) groups excluding carboxylic acids is 2. The van der Waals surface area contributed by atoms with E-state index < -0.39 is 17.4 Å². The molecule has 0 radical (unpaired) electrons. The monoisotopic (exact) mass is 358 g/mol. The van der Waals surface area contributed by atoms with Gasteiger partial charge in [0.15, 0.2) is 0 Å². The molecule has 3 rings (SSSR count). The molecule has 130 valence electrons. The van der Waals surface area contributed by atoms with Gasteiger partial charge in [0.1, 0.15) is 5.75 Å². The van der Waals surface area contributed by atoms with Crippen molar-refractivity contribution in [2.24, 2.45) is 0 Å². The fourth-order valence-corrected chi connectivity index (χ4v) is 3.01. The van der Waals surface area contributed by atoms with Crippen LogP contribution in [0.4, 0.5) is 11.4 Å². The van der Waals surface area contributed by atoms with E-state index in [2.05, 4.69) is 5.32 Å². The number of anilines is 2. The highest BCUT2D eigenvalue weighted by atomic mass is 35.5. The Bertz CT molecular complexity index is 852. The van der Waals surface area contributed by atoms with E-state index in [1.54, 1.807) is 42.2 Å². The molecule has 1 atom stereocenters. The van der Waals surface area contributed by atoms with E-state index in [9.17, 15) is 9.59 Å². The van der Waals surface area contributed by atoms with Crippen LogP contribution < -0.4 is 15.0 Å². The average Bonchev–Trinajstić information content (AvgIpc) is 2.60. The normalized spacial score (nSPS) is 19.2. The van der Waals surface area contributed by atoms with E-state index >= 15 is 0 Å². The zero-order chi connectivity index (χ0) is 18.2. The Kier molecular flexibility index (Phi) is 4.43. The summed E-state index contributed by atoms with van der Waals surface area (Å²) in [6.45, 7) is 5.60. The van der Waals surface area contributed by atoms with Gasteiger partial charge in [-0.25, -0.2) is 0 Å². The molecule has 0 bridgehead atoms. The number of amides is 2. The summed E-state index contributed by atoms with van der Waals surface area (Å²) in [6.07, 6.45) is 0. The predicted molar refractivity (Wildman–Crippen MR) is 98.3 cm³/mol. The highest BCUT2D eigenvalue weighted by Crippen LogP contribution is 2.38. The SMILES string of the molecule is CCN1C(=O)C(C)(C(=O)Nc2cccc(Cl)c2C)Oc2ccccc21. The van der Waals surface area contributed by atoms with Crippen molar-refractivity contribution in [2.45, 2.75) is 26.4 Å². The van der Waals surface area contributed by atoms with E-state index in [4.69, 9.17) is 16.3 Å². The van der Waals surface area contributed by atoms with Gasteiger partial charge in [0.25, 0.3) is 17.4 Å². The van der Waals surface area contributed by atoms with E-state index in [0.717, 1.165) is 5.56 Å². The van der Waals surface area contributed by atoms with Crippen molar-refractivity contribution in [2.75, 3.05) is 16.8 Å². The van der Waals surface area contributed by atoms with Crippen molar-refractivity contribution in [3.8, 4) is 5.75 Å². The number of benzene rings is 2. The van der Waals surface area contributed by atoms with Gasteiger partial charge in [0.2, 0.25) is 0 Å². The molecule has 5 nitrogen and oxygen atoms in total. The number of nitrogens with zero attached hydrogens (tertiary/aromatic N) is 1. The van der Waals surface area contributed by atoms with E-state index in [0.29, 0.717) is 28.7 Å². The molecular formula is C19H19ClN2O3. The largest absolute Gasteiger partial charge is 0.465 e. The standard InChI is InChI=1S/C19H19ClN2O3/c1-4-22-15-10-5-6-11-16(15)25-19(3,18(22)24)17(23)21-14-9-7-8-13(20)12(14)2/h5-11H,4H2,1-3H3,(H,21,23). The van der Waals surface area contributed by atoms with Crippen LogP contribution in [-0.4, -0.2) is 24.0 Å². The second-order valence-corrected chi connectivity index (χ2v) is 6.43. The molecule has 25 heavy (non-hydrogen) atoms. The number of hydrogen-bond donors (Lipinski definition) is 1. The lowest BCUT2D eigenvalue weighted by Gasteiger charge is -2.39. The number of fused-ring (bicyclic) bond motifs is 1. The lowest BCUT2D eigenvalue weighted by atomic mass is 9.99. The van der Waals surface area contributed by atoms with Crippen molar-refractivity contribution in [3.63, 3.8) is 0 Å². The van der Waals surface area contributed by atoms with Crippen LogP contribution in [-0.2, 0) is 9.59 Å². The third-order valence-corrected chi connectivity index (χ3v) is 4.80. The van der Waals surface area contributed by atoms with Crippen LogP contribution in [0.3, 0.4) is 0 Å². The smallest absolute Gasteiger partial charge is 0.280 e. The summed E-state index contributed by atoms with van der Waals surface area (Å²) in [5, 5.41) is 3.31. The molecule has 2 aromatic rings. The topological polar surface area (TPSA) is 58.6 Å². The number of likely N-dealkylation sites (N-methyl/N-ethyl adjacent to an activating group) is 1. The number of halogens is 1. The minimum Gasteiger partial charge on any atom is -0.465 e. The molecule has 1 aliphatic heterocycles. The summed E-state index contributed by atoms with van der Waals surface area (Å²) in [4.78, 5) is 27.4.